The lowest BCUT2D eigenvalue weighted by molar-refractivity contribution is 0.635. The number of nitrogens with zero attached hydrogens (tertiary/aromatic N) is 1. The molecule has 1 aliphatic rings. The molecule has 0 atom stereocenters. The Morgan fingerprint density at radius 2 is 2.27 bits per heavy atom. The second kappa shape index (κ2) is 3.73. The summed E-state index contributed by atoms with van der Waals surface area (Å²) in [5.74, 6) is 0. The lowest BCUT2D eigenvalue weighted by Gasteiger charge is -2.10. The first-order valence-corrected chi connectivity index (χ1v) is 4.38. The number of H-pyrrole nitrogens is 1. The van der Waals surface area contributed by atoms with Crippen LogP contribution in [0.2, 0.25) is 0 Å². The van der Waals surface area contributed by atoms with Crippen LogP contribution in [0.1, 0.15) is 11.3 Å². The molecule has 5 heteroatoms. The van der Waals surface area contributed by atoms with Crippen molar-refractivity contribution in [3.63, 3.8) is 0 Å². The van der Waals surface area contributed by atoms with Crippen molar-refractivity contribution in [2.24, 2.45) is 0 Å². The SMILES string of the molecule is Cl.Ic1n[nH]c2c1CNCC2. The van der Waals surface area contributed by atoms with Gasteiger partial charge >= 0.3 is 0 Å². The second-order valence-electron chi connectivity index (χ2n) is 2.40. The Hall–Kier alpha value is 0.190. The average Bonchev–Trinajstić information content (AvgIpc) is 2.34. The van der Waals surface area contributed by atoms with Crippen LogP contribution < -0.4 is 5.32 Å². The standard InChI is InChI=1S/C6H8IN3.ClH/c7-6-4-3-8-2-1-5(4)9-10-6;/h8H,1-3H2,(H,9,10);1H. The van der Waals surface area contributed by atoms with Crippen LogP contribution in [0.15, 0.2) is 0 Å². The summed E-state index contributed by atoms with van der Waals surface area (Å²) in [4.78, 5) is 0. The van der Waals surface area contributed by atoms with Gasteiger partial charge in [0.15, 0.2) is 0 Å². The van der Waals surface area contributed by atoms with Crippen LogP contribution in [0.25, 0.3) is 0 Å². The van der Waals surface area contributed by atoms with Crippen LogP contribution in [-0.2, 0) is 13.0 Å². The Balaban J connectivity index is 0.000000605. The van der Waals surface area contributed by atoms with E-state index in [1.54, 1.807) is 0 Å². The summed E-state index contributed by atoms with van der Waals surface area (Å²) in [6, 6.07) is 0. The summed E-state index contributed by atoms with van der Waals surface area (Å²) in [6.07, 6.45) is 1.09. The summed E-state index contributed by atoms with van der Waals surface area (Å²) in [5.41, 5.74) is 2.66. The number of aromatic nitrogens is 2. The van der Waals surface area contributed by atoms with Gasteiger partial charge in [-0.15, -0.1) is 12.4 Å². The largest absolute Gasteiger partial charge is 0.312 e. The van der Waals surface area contributed by atoms with E-state index in [0.29, 0.717) is 0 Å². The Morgan fingerprint density at radius 3 is 3.00 bits per heavy atom. The van der Waals surface area contributed by atoms with Crippen molar-refractivity contribution in [1.82, 2.24) is 15.5 Å². The minimum atomic E-state index is 0. The second-order valence-corrected chi connectivity index (χ2v) is 3.42. The number of halogens is 2. The maximum atomic E-state index is 4.12. The smallest absolute Gasteiger partial charge is 0.127 e. The van der Waals surface area contributed by atoms with Gasteiger partial charge in [0.05, 0.1) is 0 Å². The van der Waals surface area contributed by atoms with Crippen molar-refractivity contribution in [3.05, 3.63) is 15.0 Å². The van der Waals surface area contributed by atoms with E-state index in [1.165, 1.54) is 11.3 Å². The molecule has 0 aliphatic carbocycles. The molecule has 1 aromatic heterocycles. The van der Waals surface area contributed by atoms with E-state index < -0.39 is 0 Å². The lowest BCUT2D eigenvalue weighted by atomic mass is 10.1. The van der Waals surface area contributed by atoms with E-state index in [1.807, 2.05) is 0 Å². The minimum absolute atomic E-state index is 0. The molecule has 2 rings (SSSR count). The highest BCUT2D eigenvalue weighted by Crippen LogP contribution is 2.16. The molecule has 1 aliphatic heterocycles. The van der Waals surface area contributed by atoms with Crippen LogP contribution in [0.4, 0.5) is 0 Å². The van der Waals surface area contributed by atoms with Crippen molar-refractivity contribution in [3.8, 4) is 0 Å². The molecule has 0 unspecified atom stereocenters. The van der Waals surface area contributed by atoms with Crippen molar-refractivity contribution >= 4 is 35.0 Å². The molecular formula is C6H9ClIN3. The van der Waals surface area contributed by atoms with E-state index in [2.05, 4.69) is 38.1 Å². The predicted octanol–water partition coefficient (Wildman–Crippen LogP) is 1.08. The van der Waals surface area contributed by atoms with E-state index >= 15 is 0 Å². The van der Waals surface area contributed by atoms with Gasteiger partial charge in [-0.2, -0.15) is 5.10 Å². The molecule has 0 amide bonds. The van der Waals surface area contributed by atoms with Gasteiger partial charge in [-0.1, -0.05) is 0 Å². The Bertz CT molecular complexity index is 248. The van der Waals surface area contributed by atoms with Gasteiger partial charge in [-0.3, -0.25) is 5.10 Å². The molecule has 11 heavy (non-hydrogen) atoms. The van der Waals surface area contributed by atoms with Gasteiger partial charge in [0.25, 0.3) is 0 Å². The predicted molar refractivity (Wildman–Crippen MR) is 54.0 cm³/mol. The third kappa shape index (κ3) is 1.68. The number of fused-ring (bicyclic) bond motifs is 1. The van der Waals surface area contributed by atoms with Crippen molar-refractivity contribution in [1.29, 1.82) is 0 Å². The van der Waals surface area contributed by atoms with E-state index in [0.717, 1.165) is 23.2 Å². The normalized spacial score (nSPS) is 15.4. The minimum Gasteiger partial charge on any atom is -0.312 e. The van der Waals surface area contributed by atoms with E-state index in [-0.39, 0.29) is 12.4 Å². The molecule has 0 aromatic carbocycles. The number of hydrogen-bond donors (Lipinski definition) is 2. The first-order chi connectivity index (χ1) is 4.88. The molecular weight excluding hydrogens is 276 g/mol. The van der Waals surface area contributed by atoms with Crippen LogP contribution in [0.3, 0.4) is 0 Å². The first-order valence-electron chi connectivity index (χ1n) is 3.30. The molecule has 0 bridgehead atoms. The molecule has 0 fully saturated rings. The molecule has 3 nitrogen and oxygen atoms in total. The monoisotopic (exact) mass is 285 g/mol. The van der Waals surface area contributed by atoms with Gasteiger partial charge in [0.1, 0.15) is 3.70 Å². The Kier molecular flexibility index (Phi) is 3.15. The Labute approximate surface area is 84.9 Å². The quantitative estimate of drug-likeness (QED) is 0.701. The van der Waals surface area contributed by atoms with Crippen molar-refractivity contribution in [2.45, 2.75) is 13.0 Å². The number of rotatable bonds is 0. The first kappa shape index (κ1) is 9.28. The third-order valence-corrected chi connectivity index (χ3v) is 2.65. The molecule has 2 heterocycles. The van der Waals surface area contributed by atoms with Crippen LogP contribution in [0, 0.1) is 3.70 Å². The molecule has 1 aromatic rings. The summed E-state index contributed by atoms with van der Waals surface area (Å²) < 4.78 is 1.11. The van der Waals surface area contributed by atoms with Crippen molar-refractivity contribution < 1.29 is 0 Å². The summed E-state index contributed by atoms with van der Waals surface area (Å²) in [6.45, 7) is 2.05. The maximum Gasteiger partial charge on any atom is 0.127 e. The summed E-state index contributed by atoms with van der Waals surface area (Å²) in [7, 11) is 0. The highest BCUT2D eigenvalue weighted by Gasteiger charge is 2.13. The van der Waals surface area contributed by atoms with Crippen molar-refractivity contribution in [2.75, 3.05) is 6.54 Å². The molecule has 0 saturated heterocycles. The van der Waals surface area contributed by atoms with E-state index in [4.69, 9.17) is 0 Å². The molecule has 2 N–H and O–H groups in total. The molecule has 0 spiro atoms. The fraction of sp³-hybridized carbons (Fsp3) is 0.500. The van der Waals surface area contributed by atoms with E-state index in [9.17, 15) is 0 Å². The van der Waals surface area contributed by atoms with Gasteiger partial charge < -0.3 is 5.32 Å². The highest BCUT2D eigenvalue weighted by molar-refractivity contribution is 14.1. The summed E-state index contributed by atoms with van der Waals surface area (Å²) >= 11 is 2.26. The highest BCUT2D eigenvalue weighted by atomic mass is 127. The molecule has 0 radical (unpaired) electrons. The Morgan fingerprint density at radius 1 is 1.45 bits per heavy atom. The third-order valence-electron chi connectivity index (χ3n) is 1.76. The topological polar surface area (TPSA) is 40.7 Å². The van der Waals surface area contributed by atoms with Crippen LogP contribution in [-0.4, -0.2) is 16.7 Å². The van der Waals surface area contributed by atoms with Gasteiger partial charge in [0, 0.05) is 30.8 Å². The van der Waals surface area contributed by atoms with Gasteiger partial charge in [0.2, 0.25) is 0 Å². The molecule has 0 saturated carbocycles. The van der Waals surface area contributed by atoms with Crippen LogP contribution >= 0.6 is 35.0 Å². The zero-order valence-corrected chi connectivity index (χ0v) is 8.83. The van der Waals surface area contributed by atoms with Gasteiger partial charge in [-0.25, -0.2) is 0 Å². The number of nitrogens with one attached hydrogen (secondary N) is 2. The molecule has 62 valence electrons. The number of aromatic amines is 1. The fourth-order valence-corrected chi connectivity index (χ4v) is 1.83. The van der Waals surface area contributed by atoms with Gasteiger partial charge in [-0.05, 0) is 22.6 Å². The fourth-order valence-electron chi connectivity index (χ4n) is 1.19. The maximum absolute atomic E-state index is 4.12. The summed E-state index contributed by atoms with van der Waals surface area (Å²) in [5, 5.41) is 10.5. The zero-order valence-electron chi connectivity index (χ0n) is 5.85. The average molecular weight is 286 g/mol. The lowest BCUT2D eigenvalue weighted by Crippen LogP contribution is -2.23. The number of hydrogen-bond acceptors (Lipinski definition) is 2. The van der Waals surface area contributed by atoms with Crippen LogP contribution in [0.5, 0.6) is 0 Å². The zero-order chi connectivity index (χ0) is 6.97.